The summed E-state index contributed by atoms with van der Waals surface area (Å²) in [5.74, 6) is 0. The Bertz CT molecular complexity index is 203. The Morgan fingerprint density at radius 3 is 2.90 bits per heavy atom. The standard InChI is InChI=1S/C6H12N4/c1-5(7)3-6-4-8-9-10(6)2/h4-5H,3,7H2,1-2H3/t5-/m1/s1. The third-order valence-corrected chi connectivity index (χ3v) is 1.34. The first-order chi connectivity index (χ1) is 4.70. The highest BCUT2D eigenvalue weighted by Crippen LogP contribution is 1.96. The zero-order valence-corrected chi connectivity index (χ0v) is 6.28. The summed E-state index contributed by atoms with van der Waals surface area (Å²) >= 11 is 0. The molecule has 0 aromatic carbocycles. The lowest BCUT2D eigenvalue weighted by Crippen LogP contribution is -2.19. The molecule has 0 spiro atoms. The molecule has 0 aliphatic carbocycles. The second-order valence-corrected chi connectivity index (χ2v) is 2.53. The summed E-state index contributed by atoms with van der Waals surface area (Å²) in [4.78, 5) is 0. The normalized spacial score (nSPS) is 13.5. The van der Waals surface area contributed by atoms with Crippen molar-refractivity contribution in [1.82, 2.24) is 15.0 Å². The quantitative estimate of drug-likeness (QED) is 0.614. The third-order valence-electron chi connectivity index (χ3n) is 1.34. The van der Waals surface area contributed by atoms with Crippen molar-refractivity contribution in [3.05, 3.63) is 11.9 Å². The topological polar surface area (TPSA) is 56.7 Å². The summed E-state index contributed by atoms with van der Waals surface area (Å²) in [6, 6.07) is 0.178. The molecule has 0 bridgehead atoms. The van der Waals surface area contributed by atoms with Gasteiger partial charge < -0.3 is 5.73 Å². The van der Waals surface area contributed by atoms with Crippen LogP contribution in [0.3, 0.4) is 0 Å². The van der Waals surface area contributed by atoms with Crippen molar-refractivity contribution in [1.29, 1.82) is 0 Å². The van der Waals surface area contributed by atoms with Gasteiger partial charge in [0.2, 0.25) is 0 Å². The molecule has 1 rings (SSSR count). The van der Waals surface area contributed by atoms with Gasteiger partial charge in [-0.1, -0.05) is 5.21 Å². The maximum Gasteiger partial charge on any atom is 0.0725 e. The van der Waals surface area contributed by atoms with Crippen LogP contribution in [0.1, 0.15) is 12.6 Å². The summed E-state index contributed by atoms with van der Waals surface area (Å²) in [7, 11) is 1.87. The molecule has 0 saturated carbocycles. The van der Waals surface area contributed by atoms with Gasteiger partial charge in [-0.05, 0) is 6.92 Å². The van der Waals surface area contributed by atoms with Gasteiger partial charge in [0, 0.05) is 19.5 Å². The van der Waals surface area contributed by atoms with Gasteiger partial charge in [0.25, 0.3) is 0 Å². The smallest absolute Gasteiger partial charge is 0.0725 e. The highest BCUT2D eigenvalue weighted by atomic mass is 15.4. The number of aromatic nitrogens is 3. The maximum absolute atomic E-state index is 5.58. The average molecular weight is 140 g/mol. The molecule has 1 aromatic rings. The van der Waals surface area contributed by atoms with E-state index in [2.05, 4.69) is 10.3 Å². The molecule has 0 radical (unpaired) electrons. The van der Waals surface area contributed by atoms with Crippen LogP contribution in [0.5, 0.6) is 0 Å². The summed E-state index contributed by atoms with van der Waals surface area (Å²) in [6.45, 7) is 1.97. The summed E-state index contributed by atoms with van der Waals surface area (Å²) in [5, 5.41) is 7.51. The van der Waals surface area contributed by atoms with Crippen LogP contribution in [-0.2, 0) is 13.5 Å². The number of hydrogen-bond acceptors (Lipinski definition) is 3. The van der Waals surface area contributed by atoms with E-state index < -0.39 is 0 Å². The van der Waals surface area contributed by atoms with Crippen molar-refractivity contribution in [3.63, 3.8) is 0 Å². The Labute approximate surface area is 60.0 Å². The van der Waals surface area contributed by atoms with Crippen LogP contribution >= 0.6 is 0 Å². The number of hydrogen-bond donors (Lipinski definition) is 1. The van der Waals surface area contributed by atoms with E-state index in [4.69, 9.17) is 5.73 Å². The van der Waals surface area contributed by atoms with E-state index in [1.165, 1.54) is 0 Å². The molecule has 1 heterocycles. The molecule has 0 unspecified atom stereocenters. The van der Waals surface area contributed by atoms with Crippen LogP contribution in [0.15, 0.2) is 6.20 Å². The third kappa shape index (κ3) is 1.54. The summed E-state index contributed by atoms with van der Waals surface area (Å²) in [5.41, 5.74) is 6.66. The molecule has 4 nitrogen and oxygen atoms in total. The molecular weight excluding hydrogens is 128 g/mol. The average Bonchev–Trinajstić information content (AvgIpc) is 2.15. The monoisotopic (exact) mass is 140 g/mol. The van der Waals surface area contributed by atoms with Crippen molar-refractivity contribution >= 4 is 0 Å². The van der Waals surface area contributed by atoms with Crippen LogP contribution in [0.2, 0.25) is 0 Å². The fourth-order valence-electron chi connectivity index (χ4n) is 0.826. The van der Waals surface area contributed by atoms with Crippen molar-refractivity contribution < 1.29 is 0 Å². The summed E-state index contributed by atoms with van der Waals surface area (Å²) in [6.07, 6.45) is 2.58. The predicted octanol–water partition coefficient (Wildman–Crippen LogP) is -0.295. The van der Waals surface area contributed by atoms with Crippen LogP contribution in [-0.4, -0.2) is 21.0 Å². The minimum atomic E-state index is 0.178. The second kappa shape index (κ2) is 2.79. The highest BCUT2D eigenvalue weighted by molar-refractivity contribution is 4.95. The molecule has 0 amide bonds. The van der Waals surface area contributed by atoms with Gasteiger partial charge in [-0.3, -0.25) is 4.68 Å². The Kier molecular flexibility index (Phi) is 2.01. The van der Waals surface area contributed by atoms with Crippen molar-refractivity contribution in [2.24, 2.45) is 12.8 Å². The van der Waals surface area contributed by atoms with Gasteiger partial charge >= 0.3 is 0 Å². The number of rotatable bonds is 2. The number of nitrogens with two attached hydrogens (primary N) is 1. The zero-order chi connectivity index (χ0) is 7.56. The number of aryl methyl sites for hydroxylation is 1. The minimum Gasteiger partial charge on any atom is -0.328 e. The van der Waals surface area contributed by atoms with E-state index in [1.54, 1.807) is 10.9 Å². The van der Waals surface area contributed by atoms with Gasteiger partial charge in [-0.25, -0.2) is 0 Å². The second-order valence-electron chi connectivity index (χ2n) is 2.53. The Morgan fingerprint density at radius 2 is 2.50 bits per heavy atom. The molecule has 1 atom stereocenters. The number of nitrogens with zero attached hydrogens (tertiary/aromatic N) is 3. The fraction of sp³-hybridized carbons (Fsp3) is 0.667. The fourth-order valence-corrected chi connectivity index (χ4v) is 0.826. The molecule has 0 saturated heterocycles. The van der Waals surface area contributed by atoms with E-state index in [9.17, 15) is 0 Å². The largest absolute Gasteiger partial charge is 0.328 e. The van der Waals surface area contributed by atoms with E-state index in [0.717, 1.165) is 12.1 Å². The first-order valence-electron chi connectivity index (χ1n) is 3.29. The van der Waals surface area contributed by atoms with Crippen LogP contribution in [0, 0.1) is 0 Å². The van der Waals surface area contributed by atoms with Crippen LogP contribution in [0.25, 0.3) is 0 Å². The van der Waals surface area contributed by atoms with Gasteiger partial charge in [-0.15, -0.1) is 5.10 Å². The molecule has 56 valence electrons. The zero-order valence-electron chi connectivity index (χ0n) is 6.28. The van der Waals surface area contributed by atoms with Gasteiger partial charge in [0.05, 0.1) is 11.9 Å². The van der Waals surface area contributed by atoms with E-state index in [-0.39, 0.29) is 6.04 Å². The Morgan fingerprint density at radius 1 is 1.80 bits per heavy atom. The molecule has 10 heavy (non-hydrogen) atoms. The first kappa shape index (κ1) is 7.21. The van der Waals surface area contributed by atoms with Gasteiger partial charge in [0.15, 0.2) is 0 Å². The van der Waals surface area contributed by atoms with Crippen LogP contribution in [0.4, 0.5) is 0 Å². The van der Waals surface area contributed by atoms with Crippen molar-refractivity contribution in [3.8, 4) is 0 Å². The molecular formula is C6H12N4. The molecule has 2 N–H and O–H groups in total. The lowest BCUT2D eigenvalue weighted by molar-refractivity contribution is 0.636. The highest BCUT2D eigenvalue weighted by Gasteiger charge is 2.01. The van der Waals surface area contributed by atoms with E-state index >= 15 is 0 Å². The van der Waals surface area contributed by atoms with Gasteiger partial charge in [0.1, 0.15) is 0 Å². The SMILES string of the molecule is C[C@@H](N)Cc1cnnn1C. The molecule has 0 aliphatic heterocycles. The van der Waals surface area contributed by atoms with E-state index in [1.807, 2.05) is 14.0 Å². The van der Waals surface area contributed by atoms with Crippen molar-refractivity contribution in [2.75, 3.05) is 0 Å². The Hall–Kier alpha value is -0.900. The Balaban J connectivity index is 2.65. The predicted molar refractivity (Wildman–Crippen MR) is 38.4 cm³/mol. The molecule has 0 fully saturated rings. The summed E-state index contributed by atoms with van der Waals surface area (Å²) < 4.78 is 1.74. The van der Waals surface area contributed by atoms with Crippen LogP contribution < -0.4 is 5.73 Å². The first-order valence-corrected chi connectivity index (χ1v) is 3.29. The lowest BCUT2D eigenvalue weighted by Gasteiger charge is -2.02. The van der Waals surface area contributed by atoms with Gasteiger partial charge in [-0.2, -0.15) is 0 Å². The molecule has 1 aromatic heterocycles. The minimum absolute atomic E-state index is 0.178. The molecule has 4 heteroatoms. The van der Waals surface area contributed by atoms with Crippen molar-refractivity contribution in [2.45, 2.75) is 19.4 Å². The maximum atomic E-state index is 5.58. The van der Waals surface area contributed by atoms with E-state index in [0.29, 0.717) is 0 Å². The lowest BCUT2D eigenvalue weighted by atomic mass is 10.2. The molecule has 0 aliphatic rings.